The Morgan fingerprint density at radius 2 is 1.91 bits per heavy atom. The van der Waals surface area contributed by atoms with Crippen LogP contribution in [0.3, 0.4) is 0 Å². The van der Waals surface area contributed by atoms with Crippen molar-refractivity contribution >= 4 is 11.7 Å². The molecule has 2 aromatic carbocycles. The Labute approximate surface area is 182 Å². The lowest BCUT2D eigenvalue weighted by molar-refractivity contribution is -0.138. The van der Waals surface area contributed by atoms with Crippen molar-refractivity contribution in [2.75, 3.05) is 20.8 Å². The number of nitrogens with one attached hydrogen (secondary N) is 1. The topological polar surface area (TPSA) is 69.2 Å². The van der Waals surface area contributed by atoms with Crippen LogP contribution in [0.2, 0.25) is 0 Å². The number of carbonyl (C=O) groups excluding carboxylic acids is 1. The number of piperidine rings is 1. The van der Waals surface area contributed by atoms with Gasteiger partial charge in [0.25, 0.3) is 0 Å². The summed E-state index contributed by atoms with van der Waals surface area (Å²) in [5, 5.41) is 2.77. The molecule has 2 aliphatic heterocycles. The van der Waals surface area contributed by atoms with Gasteiger partial charge in [-0.05, 0) is 29.8 Å². The van der Waals surface area contributed by atoms with E-state index in [-0.39, 0.29) is 36.2 Å². The number of methoxy groups -OCH3 is 2. The Morgan fingerprint density at radius 1 is 1.09 bits per heavy atom. The fourth-order valence-electron chi connectivity index (χ4n) is 3.87. The molecule has 0 saturated carbocycles. The van der Waals surface area contributed by atoms with E-state index in [0.717, 1.165) is 17.2 Å². The summed E-state index contributed by atoms with van der Waals surface area (Å²) in [6, 6.07) is 8.91. The second-order valence-corrected chi connectivity index (χ2v) is 7.37. The smallest absolute Gasteiger partial charge is 0.416 e. The summed E-state index contributed by atoms with van der Waals surface area (Å²) in [5.41, 5.74) is 0.949. The zero-order valence-corrected chi connectivity index (χ0v) is 17.5. The number of alkyl halides is 3. The number of amides is 1. The van der Waals surface area contributed by atoms with Gasteiger partial charge in [0.15, 0.2) is 11.5 Å². The van der Waals surface area contributed by atoms with E-state index in [1.807, 2.05) is 6.08 Å². The van der Waals surface area contributed by atoms with Gasteiger partial charge in [0, 0.05) is 23.5 Å². The molecule has 1 fully saturated rings. The van der Waals surface area contributed by atoms with Gasteiger partial charge in [-0.2, -0.15) is 13.2 Å². The molecular formula is C23H21F3N2O4. The van der Waals surface area contributed by atoms with Crippen molar-refractivity contribution in [3.05, 3.63) is 64.7 Å². The Bertz CT molecular complexity index is 1110. The second kappa shape index (κ2) is 8.57. The molecule has 6 nitrogen and oxygen atoms in total. The molecule has 0 bridgehead atoms. The van der Waals surface area contributed by atoms with Crippen LogP contribution in [0.1, 0.15) is 29.0 Å². The average Bonchev–Trinajstić information content (AvgIpc) is 3.24. The third-order valence-electron chi connectivity index (χ3n) is 5.45. The monoisotopic (exact) mass is 446 g/mol. The summed E-state index contributed by atoms with van der Waals surface area (Å²) in [5.74, 6) is 1.08. The zero-order chi connectivity index (χ0) is 22.9. The standard InChI is InChI=1S/C23H21F3N2O4/c1-30-15-5-3-14(18(10-15)23(24,25)26)12-32-19-6-4-13(9-20(19)31-2)17-11-21(29)28-22-16(17)7-8-27-22/h3-7,9-10,17H,8,11-12H2,1-2H3,(H,27,28,29). The van der Waals surface area contributed by atoms with Crippen molar-refractivity contribution in [2.45, 2.75) is 25.1 Å². The van der Waals surface area contributed by atoms with Crippen LogP contribution >= 0.6 is 0 Å². The molecule has 4 rings (SSSR count). The number of amidine groups is 1. The molecule has 32 heavy (non-hydrogen) atoms. The zero-order valence-electron chi connectivity index (χ0n) is 17.5. The van der Waals surface area contributed by atoms with Gasteiger partial charge in [-0.1, -0.05) is 18.2 Å². The van der Waals surface area contributed by atoms with Gasteiger partial charge in [0.05, 0.1) is 26.3 Å². The van der Waals surface area contributed by atoms with Crippen LogP contribution in [0.25, 0.3) is 0 Å². The minimum atomic E-state index is -4.54. The summed E-state index contributed by atoms with van der Waals surface area (Å²) in [7, 11) is 2.76. The predicted molar refractivity (Wildman–Crippen MR) is 111 cm³/mol. The van der Waals surface area contributed by atoms with Crippen molar-refractivity contribution in [1.82, 2.24) is 5.32 Å². The molecular weight excluding hydrogens is 425 g/mol. The second-order valence-electron chi connectivity index (χ2n) is 7.37. The summed E-state index contributed by atoms with van der Waals surface area (Å²) < 4.78 is 56.4. The van der Waals surface area contributed by atoms with Crippen molar-refractivity contribution in [3.8, 4) is 17.2 Å². The van der Waals surface area contributed by atoms with Gasteiger partial charge in [0.1, 0.15) is 18.2 Å². The van der Waals surface area contributed by atoms with Crippen LogP contribution in [0.4, 0.5) is 13.2 Å². The molecule has 2 heterocycles. The van der Waals surface area contributed by atoms with Crippen molar-refractivity contribution in [3.63, 3.8) is 0 Å². The number of hydrogen-bond donors (Lipinski definition) is 1. The van der Waals surface area contributed by atoms with Crippen LogP contribution in [-0.4, -0.2) is 32.5 Å². The van der Waals surface area contributed by atoms with Gasteiger partial charge in [-0.25, -0.2) is 0 Å². The first-order valence-corrected chi connectivity index (χ1v) is 9.89. The fraction of sp³-hybridized carbons (Fsp3) is 0.304. The van der Waals surface area contributed by atoms with Crippen LogP contribution in [0, 0.1) is 0 Å². The minimum absolute atomic E-state index is 0.0228. The van der Waals surface area contributed by atoms with Gasteiger partial charge < -0.3 is 19.5 Å². The Hall–Kier alpha value is -3.49. The molecule has 1 N–H and O–H groups in total. The lowest BCUT2D eigenvalue weighted by atomic mass is 9.85. The Kier molecular flexibility index (Phi) is 5.82. The highest BCUT2D eigenvalue weighted by Gasteiger charge is 2.34. The quantitative estimate of drug-likeness (QED) is 0.721. The van der Waals surface area contributed by atoms with Crippen molar-refractivity contribution < 1.29 is 32.2 Å². The summed E-state index contributed by atoms with van der Waals surface area (Å²) in [6.07, 6.45) is -2.30. The Morgan fingerprint density at radius 3 is 2.62 bits per heavy atom. The molecule has 168 valence electrons. The summed E-state index contributed by atoms with van der Waals surface area (Å²) >= 11 is 0. The predicted octanol–water partition coefficient (Wildman–Crippen LogP) is 4.24. The number of nitrogens with zero attached hydrogens (tertiary/aromatic N) is 1. The number of aliphatic imine (C=N–C) groups is 1. The maximum absolute atomic E-state index is 13.4. The molecule has 1 atom stereocenters. The fourth-order valence-corrected chi connectivity index (χ4v) is 3.87. The highest BCUT2D eigenvalue weighted by atomic mass is 19.4. The van der Waals surface area contributed by atoms with Crippen LogP contribution in [0.15, 0.2) is 53.0 Å². The number of fused-ring (bicyclic) bond motifs is 1. The van der Waals surface area contributed by atoms with E-state index in [4.69, 9.17) is 14.2 Å². The van der Waals surface area contributed by atoms with E-state index < -0.39 is 11.7 Å². The third-order valence-corrected chi connectivity index (χ3v) is 5.45. The van der Waals surface area contributed by atoms with E-state index >= 15 is 0 Å². The number of carbonyl (C=O) groups is 1. The van der Waals surface area contributed by atoms with Crippen LogP contribution < -0.4 is 19.5 Å². The van der Waals surface area contributed by atoms with Crippen molar-refractivity contribution in [1.29, 1.82) is 0 Å². The highest BCUT2D eigenvalue weighted by Crippen LogP contribution is 2.39. The molecule has 1 saturated heterocycles. The molecule has 0 radical (unpaired) electrons. The molecule has 2 aliphatic rings. The Balaban J connectivity index is 1.58. The average molecular weight is 446 g/mol. The first-order valence-electron chi connectivity index (χ1n) is 9.89. The normalized spacial score (nSPS) is 17.8. The van der Waals surface area contributed by atoms with Crippen molar-refractivity contribution in [2.24, 2.45) is 4.99 Å². The number of ether oxygens (including phenoxy) is 3. The third kappa shape index (κ3) is 4.28. The first-order chi connectivity index (χ1) is 15.3. The number of hydrogen-bond acceptors (Lipinski definition) is 5. The largest absolute Gasteiger partial charge is 0.497 e. The minimum Gasteiger partial charge on any atom is -0.497 e. The maximum atomic E-state index is 13.4. The lowest BCUT2D eigenvalue weighted by Crippen LogP contribution is -2.38. The van der Waals surface area contributed by atoms with E-state index in [9.17, 15) is 18.0 Å². The van der Waals surface area contributed by atoms with Crippen LogP contribution in [-0.2, 0) is 17.6 Å². The molecule has 2 aromatic rings. The maximum Gasteiger partial charge on any atom is 0.416 e. The summed E-state index contributed by atoms with van der Waals surface area (Å²) in [4.78, 5) is 16.3. The molecule has 0 spiro atoms. The number of rotatable bonds is 6. The van der Waals surface area contributed by atoms with E-state index in [1.165, 1.54) is 26.4 Å². The van der Waals surface area contributed by atoms with E-state index in [0.29, 0.717) is 23.9 Å². The van der Waals surface area contributed by atoms with Gasteiger partial charge in [-0.15, -0.1) is 0 Å². The van der Waals surface area contributed by atoms with Crippen LogP contribution in [0.5, 0.6) is 17.2 Å². The van der Waals surface area contributed by atoms with Gasteiger partial charge >= 0.3 is 6.18 Å². The number of halogens is 3. The van der Waals surface area contributed by atoms with Gasteiger partial charge in [0.2, 0.25) is 5.91 Å². The number of benzene rings is 2. The van der Waals surface area contributed by atoms with E-state index in [1.54, 1.807) is 18.2 Å². The first kappa shape index (κ1) is 21.7. The molecule has 9 heteroatoms. The molecule has 1 amide bonds. The molecule has 0 aromatic heterocycles. The highest BCUT2D eigenvalue weighted by molar-refractivity contribution is 6.12. The summed E-state index contributed by atoms with van der Waals surface area (Å²) in [6.45, 7) is 0.214. The molecule has 0 aliphatic carbocycles. The molecule has 1 unspecified atom stereocenters. The van der Waals surface area contributed by atoms with Gasteiger partial charge in [-0.3, -0.25) is 9.79 Å². The lowest BCUT2D eigenvalue weighted by Gasteiger charge is -2.26. The van der Waals surface area contributed by atoms with E-state index in [2.05, 4.69) is 10.3 Å². The SMILES string of the molecule is COc1ccc(COc2ccc(C3CC(=O)NC4=NCC=C43)cc2OC)c(C(F)(F)F)c1.